The van der Waals surface area contributed by atoms with Crippen molar-refractivity contribution in [1.29, 1.82) is 0 Å². The van der Waals surface area contributed by atoms with E-state index in [4.69, 9.17) is 9.84 Å². The van der Waals surface area contributed by atoms with Crippen molar-refractivity contribution in [3.63, 3.8) is 0 Å². The Hall–Kier alpha value is -1.97. The maximum atomic E-state index is 11.1. The summed E-state index contributed by atoms with van der Waals surface area (Å²) in [4.78, 5) is 15.5. The Balaban J connectivity index is 2.33. The molecule has 0 spiro atoms. The lowest BCUT2D eigenvalue weighted by Gasteiger charge is -2.12. The Morgan fingerprint density at radius 2 is 2.09 bits per heavy atom. The number of aliphatic carboxylic acids is 1. The number of fused-ring (bicyclic) bond motifs is 1. The molecule has 0 bridgehead atoms. The SMILES string of the molecule is CSC(Oc1ccc2ncc(C#C[Si](C)(C)C)cc2c1)C(=O)O. The van der Waals surface area contributed by atoms with Crippen LogP contribution in [-0.2, 0) is 4.79 Å². The van der Waals surface area contributed by atoms with E-state index in [1.165, 1.54) is 0 Å². The average Bonchev–Trinajstić information content (AvgIpc) is 2.49. The van der Waals surface area contributed by atoms with Gasteiger partial charge in [-0.15, -0.1) is 17.3 Å². The van der Waals surface area contributed by atoms with Crippen LogP contribution >= 0.6 is 11.8 Å². The number of carbonyl (C=O) groups is 1. The van der Waals surface area contributed by atoms with Crippen LogP contribution in [0.25, 0.3) is 10.9 Å². The van der Waals surface area contributed by atoms with E-state index in [1.807, 2.05) is 12.1 Å². The molecule has 1 unspecified atom stereocenters. The lowest BCUT2D eigenvalue weighted by Crippen LogP contribution is -2.22. The van der Waals surface area contributed by atoms with Crippen LogP contribution in [0, 0.1) is 11.5 Å². The molecule has 1 aromatic carbocycles. The minimum absolute atomic E-state index is 0.511. The molecule has 0 radical (unpaired) electrons. The highest BCUT2D eigenvalue weighted by Gasteiger charge is 2.17. The molecule has 0 aliphatic rings. The molecular formula is C17H19NO3SSi. The molecule has 1 heterocycles. The van der Waals surface area contributed by atoms with Gasteiger partial charge in [-0.3, -0.25) is 4.98 Å². The predicted molar refractivity (Wildman–Crippen MR) is 97.5 cm³/mol. The van der Waals surface area contributed by atoms with Crippen LogP contribution in [0.15, 0.2) is 30.5 Å². The van der Waals surface area contributed by atoms with Crippen molar-refractivity contribution in [2.75, 3.05) is 6.26 Å². The van der Waals surface area contributed by atoms with Crippen LogP contribution in [0.5, 0.6) is 5.75 Å². The highest BCUT2D eigenvalue weighted by Crippen LogP contribution is 2.23. The normalized spacial score (nSPS) is 12.3. The van der Waals surface area contributed by atoms with E-state index >= 15 is 0 Å². The van der Waals surface area contributed by atoms with Gasteiger partial charge in [0.1, 0.15) is 13.8 Å². The standard InChI is InChI=1S/C17H19NO3SSi/c1-22-17(16(19)20)21-14-5-6-15-13(10-14)9-12(11-18-15)7-8-23(2,3)4/h5-6,9-11,17H,1-4H3,(H,19,20). The number of aromatic nitrogens is 1. The van der Waals surface area contributed by atoms with E-state index in [1.54, 1.807) is 24.6 Å². The first-order chi connectivity index (χ1) is 10.8. The van der Waals surface area contributed by atoms with Gasteiger partial charge in [-0.25, -0.2) is 4.79 Å². The summed E-state index contributed by atoms with van der Waals surface area (Å²) in [5, 5.41) is 9.95. The number of benzene rings is 1. The third-order valence-electron chi connectivity index (χ3n) is 2.89. The molecule has 0 saturated carbocycles. The van der Waals surface area contributed by atoms with Gasteiger partial charge in [-0.2, -0.15) is 0 Å². The molecule has 1 atom stereocenters. The molecule has 0 saturated heterocycles. The fraction of sp³-hybridized carbons (Fsp3) is 0.294. The zero-order chi connectivity index (χ0) is 17.0. The van der Waals surface area contributed by atoms with Crippen LogP contribution in [0.3, 0.4) is 0 Å². The van der Waals surface area contributed by atoms with Gasteiger partial charge in [0, 0.05) is 17.1 Å². The monoisotopic (exact) mass is 345 g/mol. The maximum Gasteiger partial charge on any atom is 0.355 e. The molecule has 4 nitrogen and oxygen atoms in total. The van der Waals surface area contributed by atoms with E-state index in [-0.39, 0.29) is 0 Å². The summed E-state index contributed by atoms with van der Waals surface area (Å²) in [5.41, 5.74) is 4.07. The summed E-state index contributed by atoms with van der Waals surface area (Å²) in [6, 6.07) is 7.31. The number of rotatable bonds is 4. The summed E-state index contributed by atoms with van der Waals surface area (Å²) >= 11 is 1.14. The van der Waals surface area contributed by atoms with Crippen molar-refractivity contribution in [1.82, 2.24) is 4.98 Å². The van der Waals surface area contributed by atoms with Crippen molar-refractivity contribution in [2.45, 2.75) is 25.1 Å². The largest absolute Gasteiger partial charge is 0.478 e. The lowest BCUT2D eigenvalue weighted by molar-refractivity contribution is -0.140. The molecule has 0 amide bonds. The van der Waals surface area contributed by atoms with Gasteiger partial charge < -0.3 is 9.84 Å². The second-order valence-corrected chi connectivity index (χ2v) is 11.8. The third kappa shape index (κ3) is 5.01. The third-order valence-corrected chi connectivity index (χ3v) is 4.49. The molecule has 2 aromatic rings. The zero-order valence-electron chi connectivity index (χ0n) is 13.6. The van der Waals surface area contributed by atoms with E-state index in [2.05, 4.69) is 36.1 Å². The van der Waals surface area contributed by atoms with Gasteiger partial charge in [0.25, 0.3) is 0 Å². The Bertz CT molecular complexity index is 790. The molecule has 2 rings (SSSR count). The smallest absolute Gasteiger partial charge is 0.355 e. The van der Waals surface area contributed by atoms with Crippen molar-refractivity contribution in [2.24, 2.45) is 0 Å². The van der Waals surface area contributed by atoms with Crippen LogP contribution in [-0.4, -0.2) is 35.8 Å². The first-order valence-corrected chi connectivity index (χ1v) is 11.9. The maximum absolute atomic E-state index is 11.1. The molecule has 1 aromatic heterocycles. The number of ether oxygens (including phenoxy) is 1. The molecule has 0 aliphatic carbocycles. The Morgan fingerprint density at radius 3 is 2.70 bits per heavy atom. The minimum Gasteiger partial charge on any atom is -0.478 e. The van der Waals surface area contributed by atoms with Crippen molar-refractivity contribution in [3.8, 4) is 17.2 Å². The summed E-state index contributed by atoms with van der Waals surface area (Å²) < 4.78 is 5.49. The van der Waals surface area contributed by atoms with Crippen molar-refractivity contribution < 1.29 is 14.6 Å². The van der Waals surface area contributed by atoms with Crippen molar-refractivity contribution in [3.05, 3.63) is 36.0 Å². The van der Waals surface area contributed by atoms with Crippen LogP contribution < -0.4 is 4.74 Å². The predicted octanol–water partition coefficient (Wildman–Crippen LogP) is 3.62. The van der Waals surface area contributed by atoms with Crippen LogP contribution in [0.1, 0.15) is 5.56 Å². The highest BCUT2D eigenvalue weighted by molar-refractivity contribution is 7.99. The van der Waals surface area contributed by atoms with Crippen LogP contribution in [0.4, 0.5) is 0 Å². The van der Waals surface area contributed by atoms with E-state index in [9.17, 15) is 4.79 Å². The number of hydrogen-bond donors (Lipinski definition) is 1. The van der Waals surface area contributed by atoms with Gasteiger partial charge in [-0.1, -0.05) is 25.6 Å². The lowest BCUT2D eigenvalue weighted by atomic mass is 10.1. The van der Waals surface area contributed by atoms with E-state index in [0.717, 1.165) is 28.2 Å². The average molecular weight is 345 g/mol. The van der Waals surface area contributed by atoms with Gasteiger partial charge in [-0.05, 0) is 30.5 Å². The molecule has 0 aliphatic heterocycles. The highest BCUT2D eigenvalue weighted by atomic mass is 32.2. The van der Waals surface area contributed by atoms with Gasteiger partial charge in [0.05, 0.1) is 5.52 Å². The number of nitrogens with zero attached hydrogens (tertiary/aromatic N) is 1. The molecule has 1 N–H and O–H groups in total. The van der Waals surface area contributed by atoms with Crippen LogP contribution in [0.2, 0.25) is 19.6 Å². The number of hydrogen-bond acceptors (Lipinski definition) is 4. The van der Waals surface area contributed by atoms with Gasteiger partial charge >= 0.3 is 5.97 Å². The van der Waals surface area contributed by atoms with E-state index in [0.29, 0.717) is 5.75 Å². The molecular weight excluding hydrogens is 326 g/mol. The fourth-order valence-electron chi connectivity index (χ4n) is 1.83. The molecule has 23 heavy (non-hydrogen) atoms. The van der Waals surface area contributed by atoms with Crippen molar-refractivity contribution >= 4 is 36.7 Å². The minimum atomic E-state index is -1.44. The topological polar surface area (TPSA) is 59.4 Å². The molecule has 120 valence electrons. The first-order valence-electron chi connectivity index (χ1n) is 7.14. The number of carboxylic acids is 1. The summed E-state index contributed by atoms with van der Waals surface area (Å²) in [6.07, 6.45) is 3.46. The summed E-state index contributed by atoms with van der Waals surface area (Å²) in [6.45, 7) is 6.57. The fourth-order valence-corrected chi connectivity index (χ4v) is 2.76. The van der Waals surface area contributed by atoms with Gasteiger partial charge in [0.15, 0.2) is 0 Å². The quantitative estimate of drug-likeness (QED) is 0.521. The zero-order valence-corrected chi connectivity index (χ0v) is 15.4. The first kappa shape index (κ1) is 17.4. The Labute approximate surface area is 141 Å². The Morgan fingerprint density at radius 1 is 1.35 bits per heavy atom. The Kier molecular flexibility index (Phi) is 5.34. The summed E-state index contributed by atoms with van der Waals surface area (Å²) in [5.74, 6) is 2.69. The number of carboxylic acid groups (broad SMARTS) is 1. The molecule has 0 fully saturated rings. The van der Waals surface area contributed by atoms with Gasteiger partial charge in [0.2, 0.25) is 5.44 Å². The summed E-state index contributed by atoms with van der Waals surface area (Å²) in [7, 11) is -1.44. The number of thioether (sulfide) groups is 1. The second kappa shape index (κ2) is 7.07. The number of pyridine rings is 1. The second-order valence-electron chi connectivity index (χ2n) is 6.10. The molecule has 6 heteroatoms. The van der Waals surface area contributed by atoms with E-state index < -0.39 is 19.5 Å².